The second-order valence-electron chi connectivity index (χ2n) is 9.58. The normalized spacial score (nSPS) is 19.8. The van der Waals surface area contributed by atoms with Gasteiger partial charge in [0.2, 0.25) is 5.88 Å². The second-order valence-corrected chi connectivity index (χ2v) is 10.6. The minimum Gasteiger partial charge on any atom is -0.479 e. The number of hydrogen-bond acceptors (Lipinski definition) is 6. The summed E-state index contributed by atoms with van der Waals surface area (Å²) >= 11 is 3.88. The smallest absolute Gasteiger partial charge is 0.238 e. The van der Waals surface area contributed by atoms with Crippen LogP contribution in [0.4, 0.5) is 5.69 Å². The van der Waals surface area contributed by atoms with Gasteiger partial charge in [-0.05, 0) is 68.9 Å². The van der Waals surface area contributed by atoms with Gasteiger partial charge in [-0.15, -0.1) is 5.10 Å². The van der Waals surface area contributed by atoms with Gasteiger partial charge in [-0.2, -0.15) is 0 Å². The first-order valence-corrected chi connectivity index (χ1v) is 13.5. The monoisotopic (exact) mass is 547 g/mol. The predicted molar refractivity (Wildman–Crippen MR) is 143 cm³/mol. The van der Waals surface area contributed by atoms with Crippen molar-refractivity contribution in [1.29, 1.82) is 0 Å². The number of fused-ring (bicyclic) bond motifs is 1. The minimum absolute atomic E-state index is 0.216. The van der Waals surface area contributed by atoms with Crippen LogP contribution >= 0.6 is 15.9 Å². The van der Waals surface area contributed by atoms with Crippen molar-refractivity contribution in [2.24, 2.45) is 0 Å². The van der Waals surface area contributed by atoms with Crippen LogP contribution in [0, 0.1) is 6.92 Å². The fourth-order valence-electron chi connectivity index (χ4n) is 5.33. The Balaban J connectivity index is 1.32. The molecule has 2 atom stereocenters. The average Bonchev–Trinajstić information content (AvgIpc) is 3.55. The van der Waals surface area contributed by atoms with Crippen molar-refractivity contribution >= 4 is 21.6 Å². The van der Waals surface area contributed by atoms with Crippen LogP contribution < -0.4 is 9.64 Å². The Morgan fingerprint density at radius 2 is 1.94 bits per heavy atom. The zero-order chi connectivity index (χ0) is 24.6. The summed E-state index contributed by atoms with van der Waals surface area (Å²) in [6.45, 7) is 3.92. The number of alkyl halides is 1. The quantitative estimate of drug-likeness (QED) is 0.243. The maximum absolute atomic E-state index is 5.61. The lowest BCUT2D eigenvalue weighted by Gasteiger charge is -2.34. The lowest BCUT2D eigenvalue weighted by molar-refractivity contribution is 0.396. The van der Waals surface area contributed by atoms with E-state index in [4.69, 9.17) is 19.8 Å². The van der Waals surface area contributed by atoms with Gasteiger partial charge in [0.25, 0.3) is 0 Å². The van der Waals surface area contributed by atoms with Gasteiger partial charge >= 0.3 is 0 Å². The highest BCUT2D eigenvalue weighted by atomic mass is 79.9. The highest BCUT2D eigenvalue weighted by Crippen LogP contribution is 2.36. The maximum Gasteiger partial charge on any atom is 0.238 e. The van der Waals surface area contributed by atoms with Gasteiger partial charge in [-0.25, -0.2) is 19.6 Å². The highest BCUT2D eigenvalue weighted by Gasteiger charge is 2.28. The van der Waals surface area contributed by atoms with Crippen LogP contribution in [0.3, 0.4) is 0 Å². The van der Waals surface area contributed by atoms with Crippen molar-refractivity contribution in [2.75, 3.05) is 18.6 Å². The largest absolute Gasteiger partial charge is 0.479 e. The van der Waals surface area contributed by atoms with Gasteiger partial charge in [0, 0.05) is 30.9 Å². The summed E-state index contributed by atoms with van der Waals surface area (Å²) in [5, 5.41) is 4.85. The van der Waals surface area contributed by atoms with E-state index in [1.54, 1.807) is 13.4 Å². The molecule has 3 aromatic heterocycles. The van der Waals surface area contributed by atoms with Crippen molar-refractivity contribution in [3.63, 3.8) is 0 Å². The third kappa shape index (κ3) is 4.30. The fraction of sp³-hybridized carbons (Fsp3) is 0.407. The van der Waals surface area contributed by atoms with Crippen LogP contribution in [0.15, 0.2) is 48.9 Å². The van der Waals surface area contributed by atoms with Crippen LogP contribution in [-0.4, -0.2) is 47.9 Å². The molecular weight excluding hydrogens is 518 g/mol. The molecule has 9 heteroatoms. The van der Waals surface area contributed by atoms with E-state index < -0.39 is 0 Å². The Hall–Kier alpha value is -3.20. The topological polar surface area (TPSA) is 73.9 Å². The maximum atomic E-state index is 5.61. The standard InChI is InChI=1S/C27H30BrN7O/c1-18-16-33(17-29-18)23-12-11-22(30-27(23)36-2)25-31-26-21(9-6-14-35(26)32-25)19-7-5-8-20(15-19)34-13-4-3-10-24(34)28/h5,7-8,11-12,15-17,21,24H,3-4,6,9-10,13-14H2,1-2H3. The molecular formula is C27H30BrN7O. The number of piperidine rings is 1. The molecule has 1 fully saturated rings. The summed E-state index contributed by atoms with van der Waals surface area (Å²) in [6, 6.07) is 12.9. The number of aromatic nitrogens is 6. The van der Waals surface area contributed by atoms with E-state index in [9.17, 15) is 0 Å². The number of benzene rings is 1. The van der Waals surface area contributed by atoms with Crippen molar-refractivity contribution in [1.82, 2.24) is 29.3 Å². The summed E-state index contributed by atoms with van der Waals surface area (Å²) in [7, 11) is 1.63. The Morgan fingerprint density at radius 3 is 2.75 bits per heavy atom. The minimum atomic E-state index is 0.216. The Morgan fingerprint density at radius 1 is 1.03 bits per heavy atom. The van der Waals surface area contributed by atoms with Crippen molar-refractivity contribution in [2.45, 2.75) is 56.4 Å². The number of methoxy groups -OCH3 is 1. The Labute approximate surface area is 219 Å². The lowest BCUT2D eigenvalue weighted by atomic mass is 9.90. The number of hydrogen-bond donors (Lipinski definition) is 0. The molecule has 36 heavy (non-hydrogen) atoms. The van der Waals surface area contributed by atoms with Crippen LogP contribution in [0.5, 0.6) is 5.88 Å². The third-order valence-electron chi connectivity index (χ3n) is 7.16. The van der Waals surface area contributed by atoms with E-state index in [0.717, 1.165) is 43.1 Å². The van der Waals surface area contributed by atoms with E-state index >= 15 is 0 Å². The van der Waals surface area contributed by atoms with Crippen LogP contribution in [-0.2, 0) is 6.54 Å². The molecule has 2 aliphatic rings. The average molecular weight is 548 g/mol. The molecule has 186 valence electrons. The van der Waals surface area contributed by atoms with Crippen molar-refractivity contribution in [3.8, 4) is 23.1 Å². The number of ether oxygens (including phenoxy) is 1. The summed E-state index contributed by atoms with van der Waals surface area (Å²) in [5.74, 6) is 2.38. The van der Waals surface area contributed by atoms with E-state index in [1.807, 2.05) is 29.8 Å². The molecule has 0 aliphatic carbocycles. The van der Waals surface area contributed by atoms with Crippen molar-refractivity contribution < 1.29 is 4.74 Å². The summed E-state index contributed by atoms with van der Waals surface area (Å²) in [6.07, 6.45) is 9.56. The summed E-state index contributed by atoms with van der Waals surface area (Å²) in [5.41, 5.74) is 5.06. The molecule has 0 bridgehead atoms. The Bertz CT molecular complexity index is 1380. The first-order valence-electron chi connectivity index (χ1n) is 12.6. The van der Waals surface area contributed by atoms with E-state index in [1.165, 1.54) is 30.5 Å². The molecule has 5 heterocycles. The first kappa shape index (κ1) is 23.2. The van der Waals surface area contributed by atoms with Crippen molar-refractivity contribution in [3.05, 3.63) is 66.0 Å². The van der Waals surface area contributed by atoms with Gasteiger partial charge < -0.3 is 14.2 Å². The zero-order valence-corrected chi connectivity index (χ0v) is 22.2. The molecule has 2 unspecified atom stereocenters. The number of nitrogens with zero attached hydrogens (tertiary/aromatic N) is 7. The number of pyridine rings is 1. The molecule has 1 saturated heterocycles. The number of imidazole rings is 1. The van der Waals surface area contributed by atoms with E-state index in [2.05, 4.69) is 54.8 Å². The van der Waals surface area contributed by atoms with E-state index in [0.29, 0.717) is 22.3 Å². The molecule has 4 aromatic rings. The molecule has 2 aliphatic heterocycles. The highest BCUT2D eigenvalue weighted by molar-refractivity contribution is 9.09. The van der Waals surface area contributed by atoms with Crippen LogP contribution in [0.1, 0.15) is 55.1 Å². The van der Waals surface area contributed by atoms with Crippen LogP contribution in [0.25, 0.3) is 17.2 Å². The number of aryl methyl sites for hydroxylation is 2. The molecule has 1 aromatic carbocycles. The van der Waals surface area contributed by atoms with Gasteiger partial charge in [-0.1, -0.05) is 28.1 Å². The number of anilines is 1. The summed E-state index contributed by atoms with van der Waals surface area (Å²) in [4.78, 5) is 17.0. The third-order valence-corrected chi connectivity index (χ3v) is 8.11. The van der Waals surface area contributed by atoms with Gasteiger partial charge in [0.1, 0.15) is 17.2 Å². The molecule has 0 spiro atoms. The van der Waals surface area contributed by atoms with Gasteiger partial charge in [0.05, 0.1) is 24.1 Å². The van der Waals surface area contributed by atoms with E-state index in [-0.39, 0.29) is 5.92 Å². The van der Waals surface area contributed by atoms with Gasteiger partial charge in [-0.3, -0.25) is 0 Å². The molecule has 0 saturated carbocycles. The lowest BCUT2D eigenvalue weighted by Crippen LogP contribution is -2.35. The summed E-state index contributed by atoms with van der Waals surface area (Å²) < 4.78 is 9.59. The SMILES string of the molecule is COc1nc(-c2nc3n(n2)CCCC3c2cccc(N3CCCCC3Br)c2)ccc1-n1cnc(C)c1. The predicted octanol–water partition coefficient (Wildman–Crippen LogP) is 5.48. The second kappa shape index (κ2) is 9.69. The zero-order valence-electron chi connectivity index (χ0n) is 20.6. The molecule has 8 nitrogen and oxygen atoms in total. The van der Waals surface area contributed by atoms with Crippen LogP contribution in [0.2, 0.25) is 0 Å². The molecule has 0 N–H and O–H groups in total. The van der Waals surface area contributed by atoms with Gasteiger partial charge in [0.15, 0.2) is 5.82 Å². The Kier molecular flexibility index (Phi) is 6.25. The molecule has 0 radical (unpaired) electrons. The molecule has 0 amide bonds. The first-order chi connectivity index (χ1) is 17.6. The number of halogens is 1. The molecule has 6 rings (SSSR count). The number of rotatable bonds is 5. The fourth-order valence-corrected chi connectivity index (χ4v) is 6.10.